The number of carboxylic acid groups (broad SMARTS) is 1. The van der Waals surface area contributed by atoms with Crippen LogP contribution in [-0.2, 0) is 11.2 Å². The summed E-state index contributed by atoms with van der Waals surface area (Å²) in [6.45, 7) is 0. The number of hydrogen-bond acceptors (Lipinski definition) is 3. The van der Waals surface area contributed by atoms with Gasteiger partial charge in [0.05, 0.1) is 13.5 Å². The highest BCUT2D eigenvalue weighted by atomic mass is 16.5. The van der Waals surface area contributed by atoms with Gasteiger partial charge in [-0.05, 0) is 37.0 Å². The van der Waals surface area contributed by atoms with Crippen LogP contribution in [0.2, 0.25) is 0 Å². The van der Waals surface area contributed by atoms with Gasteiger partial charge in [0.1, 0.15) is 5.75 Å². The number of aliphatic carboxylic acids is 1. The molecule has 18 heavy (non-hydrogen) atoms. The van der Waals surface area contributed by atoms with Crippen molar-refractivity contribution >= 4 is 5.97 Å². The minimum atomic E-state index is -0.748. The second-order valence-corrected chi connectivity index (χ2v) is 4.79. The molecule has 0 spiro atoms. The van der Waals surface area contributed by atoms with Gasteiger partial charge in [-0.3, -0.25) is 4.79 Å². The summed E-state index contributed by atoms with van der Waals surface area (Å²) in [4.78, 5) is 10.8. The van der Waals surface area contributed by atoms with Crippen LogP contribution in [0, 0.1) is 0 Å². The Bertz CT molecular complexity index is 398. The molecule has 0 saturated heterocycles. The van der Waals surface area contributed by atoms with Gasteiger partial charge in [0.15, 0.2) is 0 Å². The summed E-state index contributed by atoms with van der Waals surface area (Å²) in [6.07, 6.45) is 3.24. The van der Waals surface area contributed by atoms with Gasteiger partial charge < -0.3 is 15.2 Å². The second-order valence-electron chi connectivity index (χ2n) is 4.79. The van der Waals surface area contributed by atoms with E-state index in [2.05, 4.69) is 5.32 Å². The maximum atomic E-state index is 10.8. The van der Waals surface area contributed by atoms with Crippen molar-refractivity contribution in [1.29, 1.82) is 0 Å². The molecule has 1 aliphatic rings. The van der Waals surface area contributed by atoms with Gasteiger partial charge in [-0.1, -0.05) is 12.1 Å². The number of rotatable bonds is 7. The molecule has 0 aromatic heterocycles. The molecule has 2 rings (SSSR count). The van der Waals surface area contributed by atoms with Crippen LogP contribution in [0.1, 0.15) is 24.8 Å². The summed E-state index contributed by atoms with van der Waals surface area (Å²) in [6, 6.07) is 8.33. The van der Waals surface area contributed by atoms with Gasteiger partial charge in [0, 0.05) is 12.1 Å². The number of nitrogens with one attached hydrogen (secondary N) is 1. The highest BCUT2D eigenvalue weighted by Gasteiger charge is 2.25. The number of carbonyl (C=O) groups is 1. The number of carboxylic acids is 1. The Morgan fingerprint density at radius 1 is 1.44 bits per heavy atom. The zero-order valence-electron chi connectivity index (χ0n) is 10.6. The van der Waals surface area contributed by atoms with Crippen LogP contribution in [0.4, 0.5) is 0 Å². The molecule has 2 N–H and O–H groups in total. The largest absolute Gasteiger partial charge is 0.497 e. The van der Waals surface area contributed by atoms with E-state index in [0.717, 1.165) is 17.7 Å². The molecule has 0 aliphatic heterocycles. The Morgan fingerprint density at radius 3 is 2.61 bits per heavy atom. The molecule has 4 heteroatoms. The summed E-state index contributed by atoms with van der Waals surface area (Å²) in [7, 11) is 1.64. The van der Waals surface area contributed by atoms with Crippen molar-refractivity contribution in [2.24, 2.45) is 0 Å². The molecule has 1 fully saturated rings. The van der Waals surface area contributed by atoms with Crippen LogP contribution in [0.25, 0.3) is 0 Å². The Labute approximate surface area is 107 Å². The Kier molecular flexibility index (Phi) is 4.20. The number of benzene rings is 1. The predicted octanol–water partition coefficient (Wildman–Crippen LogP) is 1.83. The molecule has 1 aromatic rings. The summed E-state index contributed by atoms with van der Waals surface area (Å²) >= 11 is 0. The SMILES string of the molecule is COc1ccc(CC(CC(=O)O)NC2CC2)cc1. The summed E-state index contributed by atoms with van der Waals surface area (Å²) < 4.78 is 5.10. The van der Waals surface area contributed by atoms with E-state index in [4.69, 9.17) is 9.84 Å². The number of ether oxygens (including phenoxy) is 1. The van der Waals surface area contributed by atoms with Crippen molar-refractivity contribution in [1.82, 2.24) is 5.32 Å². The average molecular weight is 249 g/mol. The van der Waals surface area contributed by atoms with E-state index in [-0.39, 0.29) is 12.5 Å². The van der Waals surface area contributed by atoms with Crippen LogP contribution < -0.4 is 10.1 Å². The predicted molar refractivity (Wildman–Crippen MR) is 68.9 cm³/mol. The van der Waals surface area contributed by atoms with E-state index < -0.39 is 5.97 Å². The second kappa shape index (κ2) is 5.87. The van der Waals surface area contributed by atoms with Crippen LogP contribution in [0.5, 0.6) is 5.75 Å². The molecule has 0 radical (unpaired) electrons. The van der Waals surface area contributed by atoms with Gasteiger partial charge >= 0.3 is 5.97 Å². The number of methoxy groups -OCH3 is 1. The third kappa shape index (κ3) is 4.04. The summed E-state index contributed by atoms with van der Waals surface area (Å²) in [5.74, 6) is 0.0744. The van der Waals surface area contributed by atoms with Crippen molar-refractivity contribution in [3.8, 4) is 5.75 Å². The topological polar surface area (TPSA) is 58.6 Å². The van der Waals surface area contributed by atoms with E-state index in [1.807, 2.05) is 24.3 Å². The molecule has 1 saturated carbocycles. The zero-order valence-corrected chi connectivity index (χ0v) is 10.6. The van der Waals surface area contributed by atoms with Crippen molar-refractivity contribution in [2.75, 3.05) is 7.11 Å². The molecule has 1 aromatic carbocycles. The molecular formula is C14H19NO3. The first-order chi connectivity index (χ1) is 8.67. The molecule has 4 nitrogen and oxygen atoms in total. The maximum Gasteiger partial charge on any atom is 0.304 e. The standard InChI is InChI=1S/C14H19NO3/c1-18-13-6-2-10(3-7-13)8-12(9-14(16)17)15-11-4-5-11/h2-3,6-7,11-12,15H,4-5,8-9H2,1H3,(H,16,17). The third-order valence-corrected chi connectivity index (χ3v) is 3.11. The molecule has 0 heterocycles. The first-order valence-corrected chi connectivity index (χ1v) is 6.28. The minimum absolute atomic E-state index is 0.0170. The first-order valence-electron chi connectivity index (χ1n) is 6.28. The Hall–Kier alpha value is -1.55. The minimum Gasteiger partial charge on any atom is -0.497 e. The fraction of sp³-hybridized carbons (Fsp3) is 0.500. The van der Waals surface area contributed by atoms with Gasteiger partial charge in [0.2, 0.25) is 0 Å². The van der Waals surface area contributed by atoms with Crippen molar-refractivity contribution < 1.29 is 14.6 Å². The van der Waals surface area contributed by atoms with Crippen molar-refractivity contribution in [3.63, 3.8) is 0 Å². The van der Waals surface area contributed by atoms with E-state index >= 15 is 0 Å². The van der Waals surface area contributed by atoms with E-state index in [9.17, 15) is 4.79 Å². The highest BCUT2D eigenvalue weighted by molar-refractivity contribution is 5.67. The molecule has 0 amide bonds. The fourth-order valence-corrected chi connectivity index (χ4v) is 2.03. The molecule has 1 unspecified atom stereocenters. The molecule has 98 valence electrons. The van der Waals surface area contributed by atoms with Crippen molar-refractivity contribution in [3.05, 3.63) is 29.8 Å². The lowest BCUT2D eigenvalue weighted by molar-refractivity contribution is -0.137. The maximum absolute atomic E-state index is 10.8. The van der Waals surface area contributed by atoms with Crippen molar-refractivity contribution in [2.45, 2.75) is 37.8 Å². The van der Waals surface area contributed by atoms with Crippen LogP contribution in [0.15, 0.2) is 24.3 Å². The monoisotopic (exact) mass is 249 g/mol. The normalized spacial score (nSPS) is 16.3. The summed E-state index contributed by atoms with van der Waals surface area (Å²) in [5.41, 5.74) is 1.13. The lowest BCUT2D eigenvalue weighted by Crippen LogP contribution is -2.34. The van der Waals surface area contributed by atoms with Crippen LogP contribution in [0.3, 0.4) is 0 Å². The smallest absolute Gasteiger partial charge is 0.304 e. The fourth-order valence-electron chi connectivity index (χ4n) is 2.03. The Balaban J connectivity index is 1.94. The lowest BCUT2D eigenvalue weighted by atomic mass is 10.0. The zero-order chi connectivity index (χ0) is 13.0. The first kappa shape index (κ1) is 12.9. The van der Waals surface area contributed by atoms with Gasteiger partial charge in [0.25, 0.3) is 0 Å². The summed E-state index contributed by atoms with van der Waals surface area (Å²) in [5, 5.41) is 12.3. The molecule has 1 aliphatic carbocycles. The van der Waals surface area contributed by atoms with Crippen LogP contribution in [-0.4, -0.2) is 30.3 Å². The van der Waals surface area contributed by atoms with Gasteiger partial charge in [-0.25, -0.2) is 0 Å². The van der Waals surface area contributed by atoms with E-state index in [1.165, 1.54) is 12.8 Å². The lowest BCUT2D eigenvalue weighted by Gasteiger charge is -2.16. The molecular weight excluding hydrogens is 230 g/mol. The van der Waals surface area contributed by atoms with Gasteiger partial charge in [-0.2, -0.15) is 0 Å². The average Bonchev–Trinajstić information content (AvgIpc) is 3.13. The highest BCUT2D eigenvalue weighted by Crippen LogP contribution is 2.21. The quantitative estimate of drug-likeness (QED) is 0.774. The van der Waals surface area contributed by atoms with Gasteiger partial charge in [-0.15, -0.1) is 0 Å². The van der Waals surface area contributed by atoms with E-state index in [1.54, 1.807) is 7.11 Å². The van der Waals surface area contributed by atoms with E-state index in [0.29, 0.717) is 6.04 Å². The Morgan fingerprint density at radius 2 is 2.11 bits per heavy atom. The van der Waals surface area contributed by atoms with Crippen LogP contribution >= 0.6 is 0 Å². The number of hydrogen-bond donors (Lipinski definition) is 2. The molecule has 1 atom stereocenters. The third-order valence-electron chi connectivity index (χ3n) is 3.11. The molecule has 0 bridgehead atoms.